The number of rotatable bonds is 3. The molecule has 3 rings (SSSR count). The summed E-state index contributed by atoms with van der Waals surface area (Å²) in [5.41, 5.74) is 1.75. The molecule has 1 aliphatic carbocycles. The number of carbonyl (C=O) groups is 1. The first-order chi connectivity index (χ1) is 10.2. The Morgan fingerprint density at radius 2 is 1.86 bits per heavy atom. The van der Waals surface area contributed by atoms with Crippen molar-refractivity contribution < 1.29 is 14.6 Å². The van der Waals surface area contributed by atoms with Crippen molar-refractivity contribution in [3.63, 3.8) is 0 Å². The molecule has 21 heavy (non-hydrogen) atoms. The highest BCUT2D eigenvalue weighted by Gasteiger charge is 2.30. The number of benzene rings is 2. The minimum Gasteiger partial charge on any atom is -0.498 e. The van der Waals surface area contributed by atoms with E-state index in [1.807, 2.05) is 48.5 Å². The van der Waals surface area contributed by atoms with Gasteiger partial charge in [0.2, 0.25) is 0 Å². The second-order valence-corrected chi connectivity index (χ2v) is 5.06. The highest BCUT2D eigenvalue weighted by atomic mass is 16.5. The molecule has 0 spiro atoms. The summed E-state index contributed by atoms with van der Waals surface area (Å²) in [6, 6.07) is 14.1. The van der Waals surface area contributed by atoms with Gasteiger partial charge in [0, 0.05) is 0 Å². The number of aliphatic hydroxyl groups is 1. The van der Waals surface area contributed by atoms with Crippen LogP contribution in [-0.4, -0.2) is 24.6 Å². The van der Waals surface area contributed by atoms with Crippen LogP contribution in [-0.2, 0) is 9.53 Å². The second-order valence-electron chi connectivity index (χ2n) is 5.06. The van der Waals surface area contributed by atoms with Gasteiger partial charge in [-0.05, 0) is 34.1 Å². The van der Waals surface area contributed by atoms with Crippen molar-refractivity contribution in [2.75, 3.05) is 7.11 Å². The lowest BCUT2D eigenvalue weighted by molar-refractivity contribution is -0.112. The molecule has 2 atom stereocenters. The van der Waals surface area contributed by atoms with E-state index in [-0.39, 0.29) is 0 Å². The number of hydrogen-bond donors (Lipinski definition) is 1. The number of fused-ring (bicyclic) bond motifs is 1. The molecule has 1 N–H and O–H groups in total. The Labute approximate surface area is 123 Å². The summed E-state index contributed by atoms with van der Waals surface area (Å²) >= 11 is 0. The number of aldehydes is 1. The van der Waals surface area contributed by atoms with Crippen LogP contribution in [0.4, 0.5) is 0 Å². The minimum absolute atomic E-state index is 0.414. The van der Waals surface area contributed by atoms with Gasteiger partial charge in [-0.1, -0.05) is 42.5 Å². The molecular weight excluding hydrogens is 264 g/mol. The number of hydrogen-bond acceptors (Lipinski definition) is 3. The summed E-state index contributed by atoms with van der Waals surface area (Å²) in [5.74, 6) is -0.192. The van der Waals surface area contributed by atoms with Crippen molar-refractivity contribution >= 4 is 22.6 Å². The van der Waals surface area contributed by atoms with Gasteiger partial charge in [-0.2, -0.15) is 0 Å². The largest absolute Gasteiger partial charge is 0.498 e. The van der Waals surface area contributed by atoms with Crippen LogP contribution in [0, 0.1) is 5.92 Å². The van der Waals surface area contributed by atoms with Gasteiger partial charge >= 0.3 is 0 Å². The van der Waals surface area contributed by atoms with Crippen molar-refractivity contribution in [3.8, 4) is 0 Å². The molecule has 1 aliphatic rings. The predicted octanol–water partition coefficient (Wildman–Crippen LogP) is 2.94. The predicted molar refractivity (Wildman–Crippen MR) is 82.6 cm³/mol. The molecule has 0 aromatic heterocycles. The average Bonchev–Trinajstić information content (AvgIpc) is 2.54. The monoisotopic (exact) mass is 280 g/mol. The third kappa shape index (κ3) is 2.36. The van der Waals surface area contributed by atoms with Crippen LogP contribution in [0.25, 0.3) is 16.3 Å². The Balaban J connectivity index is 2.09. The second kappa shape index (κ2) is 5.54. The topological polar surface area (TPSA) is 46.5 Å². The molecule has 0 saturated heterocycles. The van der Waals surface area contributed by atoms with E-state index in [1.165, 1.54) is 7.11 Å². The van der Waals surface area contributed by atoms with E-state index in [0.29, 0.717) is 5.76 Å². The van der Waals surface area contributed by atoms with Crippen LogP contribution in [0.15, 0.2) is 60.4 Å². The Bertz CT molecular complexity index is 743. The standard InChI is InChI=1S/C18H16O3/c1-21-17-9-8-15(16(11-19)18(17)20)14-7-6-12-4-2-3-5-13(12)10-14/h2-11,16,18,20H,1H3. The number of carbonyl (C=O) groups excluding carboxylic acids is 1. The quantitative estimate of drug-likeness (QED) is 0.879. The van der Waals surface area contributed by atoms with Crippen molar-refractivity contribution in [3.05, 3.63) is 65.9 Å². The summed E-state index contributed by atoms with van der Waals surface area (Å²) in [5, 5.41) is 12.5. The summed E-state index contributed by atoms with van der Waals surface area (Å²) in [6.07, 6.45) is 3.40. The Kier molecular flexibility index (Phi) is 3.59. The third-order valence-corrected chi connectivity index (χ3v) is 3.88. The molecule has 0 amide bonds. The van der Waals surface area contributed by atoms with Gasteiger partial charge in [0.25, 0.3) is 0 Å². The molecule has 0 bridgehead atoms. The molecule has 3 heteroatoms. The number of allylic oxidation sites excluding steroid dienone is 2. The smallest absolute Gasteiger partial charge is 0.130 e. The Morgan fingerprint density at radius 1 is 1.10 bits per heavy atom. The zero-order valence-electron chi connectivity index (χ0n) is 11.7. The molecule has 0 saturated carbocycles. The average molecular weight is 280 g/mol. The number of ether oxygens (including phenoxy) is 1. The fourth-order valence-corrected chi connectivity index (χ4v) is 2.72. The normalized spacial score (nSPS) is 21.6. The third-order valence-electron chi connectivity index (χ3n) is 3.88. The maximum Gasteiger partial charge on any atom is 0.130 e. The molecule has 2 aromatic rings. The van der Waals surface area contributed by atoms with Gasteiger partial charge in [-0.15, -0.1) is 0 Å². The van der Waals surface area contributed by atoms with E-state index in [9.17, 15) is 9.90 Å². The van der Waals surface area contributed by atoms with E-state index in [1.54, 1.807) is 6.08 Å². The molecule has 2 aromatic carbocycles. The first kappa shape index (κ1) is 13.6. The van der Waals surface area contributed by atoms with E-state index in [4.69, 9.17) is 4.74 Å². The Hall–Kier alpha value is -2.39. The first-order valence-corrected chi connectivity index (χ1v) is 6.83. The van der Waals surface area contributed by atoms with Gasteiger partial charge in [-0.25, -0.2) is 0 Å². The molecule has 106 valence electrons. The fraction of sp³-hybridized carbons (Fsp3) is 0.167. The van der Waals surface area contributed by atoms with Crippen LogP contribution in [0.2, 0.25) is 0 Å². The van der Waals surface area contributed by atoms with Crippen LogP contribution in [0.5, 0.6) is 0 Å². The van der Waals surface area contributed by atoms with E-state index >= 15 is 0 Å². The zero-order chi connectivity index (χ0) is 14.8. The Morgan fingerprint density at radius 3 is 2.57 bits per heavy atom. The number of aliphatic hydroxyl groups excluding tert-OH is 1. The van der Waals surface area contributed by atoms with Crippen LogP contribution in [0.1, 0.15) is 5.56 Å². The maximum absolute atomic E-state index is 11.4. The molecule has 3 nitrogen and oxygen atoms in total. The maximum atomic E-state index is 11.4. The molecule has 0 radical (unpaired) electrons. The summed E-state index contributed by atoms with van der Waals surface area (Å²) in [6.45, 7) is 0. The van der Waals surface area contributed by atoms with Crippen molar-refractivity contribution in [2.24, 2.45) is 5.92 Å². The molecule has 0 aliphatic heterocycles. The lowest BCUT2D eigenvalue weighted by Crippen LogP contribution is -2.28. The van der Waals surface area contributed by atoms with Crippen molar-refractivity contribution in [1.82, 2.24) is 0 Å². The van der Waals surface area contributed by atoms with Gasteiger partial charge in [-0.3, -0.25) is 0 Å². The number of methoxy groups -OCH3 is 1. The molecule has 0 fully saturated rings. The van der Waals surface area contributed by atoms with Gasteiger partial charge in [0.1, 0.15) is 18.1 Å². The van der Waals surface area contributed by atoms with Gasteiger partial charge in [0.15, 0.2) is 0 Å². The van der Waals surface area contributed by atoms with Crippen molar-refractivity contribution in [2.45, 2.75) is 6.10 Å². The van der Waals surface area contributed by atoms with Crippen molar-refractivity contribution in [1.29, 1.82) is 0 Å². The van der Waals surface area contributed by atoms with E-state index in [0.717, 1.165) is 28.2 Å². The molecule has 2 unspecified atom stereocenters. The highest BCUT2D eigenvalue weighted by Crippen LogP contribution is 2.33. The van der Waals surface area contributed by atoms with Gasteiger partial charge in [0.05, 0.1) is 13.0 Å². The molecule has 0 heterocycles. The van der Waals surface area contributed by atoms with Gasteiger partial charge < -0.3 is 14.6 Å². The fourth-order valence-electron chi connectivity index (χ4n) is 2.72. The zero-order valence-corrected chi connectivity index (χ0v) is 11.7. The SMILES string of the molecule is COC1=CC=C(c2ccc3ccccc3c2)C(C=O)C1O. The summed E-state index contributed by atoms with van der Waals surface area (Å²) in [7, 11) is 1.49. The minimum atomic E-state index is -0.932. The van der Waals surface area contributed by atoms with E-state index < -0.39 is 12.0 Å². The highest BCUT2D eigenvalue weighted by molar-refractivity contribution is 5.90. The van der Waals surface area contributed by atoms with Crippen LogP contribution in [0.3, 0.4) is 0 Å². The van der Waals surface area contributed by atoms with Crippen LogP contribution < -0.4 is 0 Å². The summed E-state index contributed by atoms with van der Waals surface area (Å²) in [4.78, 5) is 11.4. The lowest BCUT2D eigenvalue weighted by Gasteiger charge is -2.26. The first-order valence-electron chi connectivity index (χ1n) is 6.83. The summed E-state index contributed by atoms with van der Waals surface area (Å²) < 4.78 is 5.10. The van der Waals surface area contributed by atoms with E-state index in [2.05, 4.69) is 0 Å². The van der Waals surface area contributed by atoms with Crippen LogP contribution >= 0.6 is 0 Å². The molecular formula is C18H16O3. The lowest BCUT2D eigenvalue weighted by atomic mass is 9.84.